The lowest BCUT2D eigenvalue weighted by Gasteiger charge is -2.06. The predicted octanol–water partition coefficient (Wildman–Crippen LogP) is 3.70. The summed E-state index contributed by atoms with van der Waals surface area (Å²) in [4.78, 5) is 0. The lowest BCUT2D eigenvalue weighted by molar-refractivity contribution is 0.504. The summed E-state index contributed by atoms with van der Waals surface area (Å²) in [5.41, 5.74) is 3.07. The first-order valence-corrected chi connectivity index (χ1v) is 4.59. The van der Waals surface area contributed by atoms with E-state index in [4.69, 9.17) is 0 Å². The molecule has 0 amide bonds. The van der Waals surface area contributed by atoms with Crippen molar-refractivity contribution in [2.24, 2.45) is 5.92 Å². The summed E-state index contributed by atoms with van der Waals surface area (Å²) >= 11 is 0. The highest BCUT2D eigenvalue weighted by Gasteiger charge is 2.18. The van der Waals surface area contributed by atoms with Crippen molar-refractivity contribution in [2.45, 2.75) is 39.5 Å². The van der Waals surface area contributed by atoms with Gasteiger partial charge in [-0.25, -0.2) is 0 Å². The Morgan fingerprint density at radius 3 is 2.73 bits per heavy atom. The molecule has 1 aliphatic carbocycles. The number of hydrogen-bond donors (Lipinski definition) is 0. The van der Waals surface area contributed by atoms with Gasteiger partial charge in [-0.3, -0.25) is 0 Å². The molecule has 0 aromatic carbocycles. The molecule has 0 aromatic rings. The van der Waals surface area contributed by atoms with Gasteiger partial charge in [0, 0.05) is 0 Å². The molecule has 0 aliphatic heterocycles. The van der Waals surface area contributed by atoms with E-state index in [1.807, 2.05) is 6.08 Å². The summed E-state index contributed by atoms with van der Waals surface area (Å²) in [6, 6.07) is 0. The highest BCUT2D eigenvalue weighted by Crippen LogP contribution is 2.34. The maximum absolute atomic E-state index is 3.83. The fourth-order valence-corrected chi connectivity index (χ4v) is 1.99. The van der Waals surface area contributed by atoms with Crippen LogP contribution in [0.1, 0.15) is 39.5 Å². The summed E-state index contributed by atoms with van der Waals surface area (Å²) in [5, 5.41) is 0. The van der Waals surface area contributed by atoms with E-state index in [1.165, 1.54) is 31.3 Å². The van der Waals surface area contributed by atoms with Gasteiger partial charge in [-0.2, -0.15) is 0 Å². The Morgan fingerprint density at radius 2 is 2.27 bits per heavy atom. The molecule has 0 saturated carbocycles. The molecule has 0 heteroatoms. The van der Waals surface area contributed by atoms with Gasteiger partial charge in [0.25, 0.3) is 0 Å². The number of rotatable bonds is 3. The molecule has 0 spiro atoms. The molecule has 11 heavy (non-hydrogen) atoms. The third kappa shape index (κ3) is 1.95. The average molecular weight is 150 g/mol. The summed E-state index contributed by atoms with van der Waals surface area (Å²) < 4.78 is 0. The molecule has 0 aromatic heterocycles. The van der Waals surface area contributed by atoms with E-state index in [2.05, 4.69) is 20.4 Å². The molecule has 1 unspecified atom stereocenters. The molecule has 0 heterocycles. The highest BCUT2D eigenvalue weighted by atomic mass is 14.2. The zero-order valence-corrected chi connectivity index (χ0v) is 7.69. The van der Waals surface area contributed by atoms with Gasteiger partial charge in [-0.1, -0.05) is 38.0 Å². The monoisotopic (exact) mass is 150 g/mol. The van der Waals surface area contributed by atoms with Crippen LogP contribution in [0.5, 0.6) is 0 Å². The van der Waals surface area contributed by atoms with Crippen LogP contribution in [0.3, 0.4) is 0 Å². The standard InChI is InChI=1S/C11H18/c1-4-6-10-7-9(3)11(5-2)8-10/h5,10H,2,4,6-8H2,1,3H3. The normalized spacial score (nSPS) is 24.4. The van der Waals surface area contributed by atoms with E-state index < -0.39 is 0 Å². The van der Waals surface area contributed by atoms with Gasteiger partial charge in [-0.15, -0.1) is 0 Å². The first-order valence-electron chi connectivity index (χ1n) is 4.59. The minimum absolute atomic E-state index is 0.924. The van der Waals surface area contributed by atoms with Crippen molar-refractivity contribution in [3.63, 3.8) is 0 Å². The molecular weight excluding hydrogens is 132 g/mol. The van der Waals surface area contributed by atoms with Crippen molar-refractivity contribution in [3.05, 3.63) is 23.8 Å². The molecule has 1 rings (SSSR count). The fraction of sp³-hybridized carbons (Fsp3) is 0.636. The van der Waals surface area contributed by atoms with Crippen LogP contribution in [0.25, 0.3) is 0 Å². The Hall–Kier alpha value is -0.520. The van der Waals surface area contributed by atoms with Crippen LogP contribution in [0.15, 0.2) is 23.8 Å². The summed E-state index contributed by atoms with van der Waals surface area (Å²) in [5.74, 6) is 0.924. The lowest BCUT2D eigenvalue weighted by atomic mass is 9.99. The van der Waals surface area contributed by atoms with Gasteiger partial charge in [0.15, 0.2) is 0 Å². The first-order chi connectivity index (χ1) is 5.27. The number of allylic oxidation sites excluding steroid dienone is 3. The van der Waals surface area contributed by atoms with Crippen LogP contribution >= 0.6 is 0 Å². The van der Waals surface area contributed by atoms with Crippen molar-refractivity contribution in [1.29, 1.82) is 0 Å². The van der Waals surface area contributed by atoms with Crippen LogP contribution in [0.2, 0.25) is 0 Å². The summed E-state index contributed by atoms with van der Waals surface area (Å²) in [7, 11) is 0. The minimum Gasteiger partial charge on any atom is -0.0988 e. The van der Waals surface area contributed by atoms with Gasteiger partial charge in [0.05, 0.1) is 0 Å². The Morgan fingerprint density at radius 1 is 1.55 bits per heavy atom. The van der Waals surface area contributed by atoms with Crippen molar-refractivity contribution < 1.29 is 0 Å². The van der Waals surface area contributed by atoms with E-state index in [0.717, 1.165) is 5.92 Å². The molecule has 0 radical (unpaired) electrons. The van der Waals surface area contributed by atoms with E-state index in [9.17, 15) is 0 Å². The highest BCUT2D eigenvalue weighted by molar-refractivity contribution is 5.28. The molecule has 0 saturated heterocycles. The molecule has 1 aliphatic rings. The predicted molar refractivity (Wildman–Crippen MR) is 50.5 cm³/mol. The second kappa shape index (κ2) is 3.75. The zero-order valence-electron chi connectivity index (χ0n) is 7.69. The second-order valence-electron chi connectivity index (χ2n) is 3.57. The minimum atomic E-state index is 0.924. The largest absolute Gasteiger partial charge is 0.0988 e. The van der Waals surface area contributed by atoms with E-state index in [-0.39, 0.29) is 0 Å². The van der Waals surface area contributed by atoms with Crippen molar-refractivity contribution in [2.75, 3.05) is 0 Å². The maximum Gasteiger partial charge on any atom is -0.0248 e. The Bertz CT molecular complexity index is 174. The second-order valence-corrected chi connectivity index (χ2v) is 3.57. The lowest BCUT2D eigenvalue weighted by Crippen LogP contribution is -1.92. The molecule has 0 nitrogen and oxygen atoms in total. The van der Waals surface area contributed by atoms with E-state index in [0.29, 0.717) is 0 Å². The zero-order chi connectivity index (χ0) is 8.27. The quantitative estimate of drug-likeness (QED) is 0.575. The van der Waals surface area contributed by atoms with Gasteiger partial charge >= 0.3 is 0 Å². The van der Waals surface area contributed by atoms with Gasteiger partial charge in [-0.05, 0) is 31.3 Å². The van der Waals surface area contributed by atoms with Crippen molar-refractivity contribution >= 4 is 0 Å². The molecule has 0 fully saturated rings. The van der Waals surface area contributed by atoms with Gasteiger partial charge < -0.3 is 0 Å². The molecule has 0 bridgehead atoms. The topological polar surface area (TPSA) is 0 Å². The van der Waals surface area contributed by atoms with Gasteiger partial charge in [0.1, 0.15) is 0 Å². The van der Waals surface area contributed by atoms with Crippen LogP contribution in [-0.4, -0.2) is 0 Å². The van der Waals surface area contributed by atoms with Crippen molar-refractivity contribution in [1.82, 2.24) is 0 Å². The Balaban J connectivity index is 2.46. The summed E-state index contributed by atoms with van der Waals surface area (Å²) in [6.45, 7) is 8.34. The van der Waals surface area contributed by atoms with E-state index >= 15 is 0 Å². The molecule has 1 atom stereocenters. The average Bonchev–Trinajstić information content (AvgIpc) is 2.32. The maximum atomic E-state index is 3.83. The number of hydrogen-bond acceptors (Lipinski definition) is 0. The SMILES string of the molecule is C=CC1=C(C)CC(CCC)C1. The third-order valence-electron chi connectivity index (χ3n) is 2.59. The molecule has 0 N–H and O–H groups in total. The Labute approximate surface area is 70.0 Å². The Kier molecular flexibility index (Phi) is 2.92. The third-order valence-corrected chi connectivity index (χ3v) is 2.59. The van der Waals surface area contributed by atoms with E-state index in [1.54, 1.807) is 5.57 Å². The fourth-order valence-electron chi connectivity index (χ4n) is 1.99. The van der Waals surface area contributed by atoms with Crippen LogP contribution < -0.4 is 0 Å². The molecular formula is C11H18. The van der Waals surface area contributed by atoms with Crippen LogP contribution in [-0.2, 0) is 0 Å². The molecule has 62 valence electrons. The van der Waals surface area contributed by atoms with Crippen LogP contribution in [0, 0.1) is 5.92 Å². The summed E-state index contributed by atoms with van der Waals surface area (Å²) in [6.07, 6.45) is 7.33. The smallest absolute Gasteiger partial charge is 0.0248 e. The van der Waals surface area contributed by atoms with Crippen LogP contribution in [0.4, 0.5) is 0 Å². The van der Waals surface area contributed by atoms with Gasteiger partial charge in [0.2, 0.25) is 0 Å². The first kappa shape index (κ1) is 8.58. The van der Waals surface area contributed by atoms with Crippen molar-refractivity contribution in [3.8, 4) is 0 Å².